The summed E-state index contributed by atoms with van der Waals surface area (Å²) in [7, 11) is 1.84. The zero-order chi connectivity index (χ0) is 11.7. The second-order valence-electron chi connectivity index (χ2n) is 3.12. The van der Waals surface area contributed by atoms with E-state index in [-0.39, 0.29) is 5.28 Å². The molecule has 0 aliphatic carbocycles. The SMILES string of the molecule is Cc1nc(Cl)nc(Sc2nncn2C)c1N. The fourth-order valence-electron chi connectivity index (χ4n) is 1.05. The first-order valence-corrected chi connectivity index (χ1v) is 5.59. The average Bonchev–Trinajstić information content (AvgIpc) is 2.60. The van der Waals surface area contributed by atoms with Crippen LogP contribution in [0.5, 0.6) is 0 Å². The van der Waals surface area contributed by atoms with Gasteiger partial charge >= 0.3 is 0 Å². The number of hydrogen-bond acceptors (Lipinski definition) is 6. The lowest BCUT2D eigenvalue weighted by Crippen LogP contribution is -2.00. The molecule has 2 N–H and O–H groups in total. The van der Waals surface area contributed by atoms with Crippen LogP contribution in [0.2, 0.25) is 5.28 Å². The molecule has 0 spiro atoms. The van der Waals surface area contributed by atoms with E-state index in [1.54, 1.807) is 17.8 Å². The van der Waals surface area contributed by atoms with Gasteiger partial charge < -0.3 is 10.3 Å². The smallest absolute Gasteiger partial charge is 0.223 e. The number of hydrogen-bond donors (Lipinski definition) is 1. The van der Waals surface area contributed by atoms with Crippen LogP contribution in [-0.2, 0) is 7.05 Å². The van der Waals surface area contributed by atoms with Crippen molar-refractivity contribution in [2.75, 3.05) is 5.73 Å². The fraction of sp³-hybridized carbons (Fsp3) is 0.250. The minimum absolute atomic E-state index is 0.177. The van der Waals surface area contributed by atoms with Gasteiger partial charge in [-0.3, -0.25) is 0 Å². The number of aryl methyl sites for hydroxylation is 2. The summed E-state index contributed by atoms with van der Waals surface area (Å²) in [5.41, 5.74) is 7.02. The van der Waals surface area contributed by atoms with Gasteiger partial charge in [0.2, 0.25) is 5.28 Å². The van der Waals surface area contributed by atoms with Crippen molar-refractivity contribution in [3.05, 3.63) is 17.3 Å². The Morgan fingerprint density at radius 1 is 1.44 bits per heavy atom. The van der Waals surface area contributed by atoms with E-state index in [0.717, 1.165) is 0 Å². The molecule has 2 heterocycles. The van der Waals surface area contributed by atoms with Crippen LogP contribution in [0.15, 0.2) is 16.5 Å². The standard InChI is InChI=1S/C8H9ClN6S/c1-4-5(10)6(13-7(9)12-4)16-8-14-11-3-15(8)2/h3H,10H2,1-2H3. The lowest BCUT2D eigenvalue weighted by molar-refractivity contribution is 0.787. The summed E-state index contributed by atoms with van der Waals surface area (Å²) in [6, 6.07) is 0. The van der Waals surface area contributed by atoms with E-state index in [9.17, 15) is 0 Å². The summed E-state index contributed by atoms with van der Waals surface area (Å²) in [6.45, 7) is 1.78. The van der Waals surface area contributed by atoms with Crippen molar-refractivity contribution in [2.24, 2.45) is 7.05 Å². The molecule has 0 atom stereocenters. The molecule has 0 fully saturated rings. The Bertz CT molecular complexity index is 525. The van der Waals surface area contributed by atoms with Crippen molar-refractivity contribution >= 4 is 29.1 Å². The summed E-state index contributed by atoms with van der Waals surface area (Å²) in [6.07, 6.45) is 1.61. The van der Waals surface area contributed by atoms with Gasteiger partial charge in [0.05, 0.1) is 11.4 Å². The molecule has 0 unspecified atom stereocenters. The molecule has 2 rings (SSSR count). The van der Waals surface area contributed by atoms with Gasteiger partial charge in [-0.25, -0.2) is 9.97 Å². The van der Waals surface area contributed by atoms with Gasteiger partial charge in [-0.15, -0.1) is 10.2 Å². The number of nitrogen functional groups attached to an aromatic ring is 1. The Morgan fingerprint density at radius 3 is 2.81 bits per heavy atom. The van der Waals surface area contributed by atoms with E-state index < -0.39 is 0 Å². The molecule has 8 heteroatoms. The van der Waals surface area contributed by atoms with Crippen molar-refractivity contribution < 1.29 is 0 Å². The quantitative estimate of drug-likeness (QED) is 0.644. The molecule has 6 nitrogen and oxygen atoms in total. The highest BCUT2D eigenvalue weighted by molar-refractivity contribution is 7.99. The summed E-state index contributed by atoms with van der Waals surface area (Å²) < 4.78 is 1.77. The molecule has 0 aliphatic rings. The van der Waals surface area contributed by atoms with Crippen molar-refractivity contribution in [2.45, 2.75) is 17.1 Å². The maximum atomic E-state index is 5.86. The molecule has 0 aliphatic heterocycles. The summed E-state index contributed by atoms with van der Waals surface area (Å²) >= 11 is 7.07. The highest BCUT2D eigenvalue weighted by atomic mass is 35.5. The molecule has 84 valence electrons. The molecule has 0 amide bonds. The molecular formula is C8H9ClN6S. The predicted molar refractivity (Wildman–Crippen MR) is 61.3 cm³/mol. The first-order chi connectivity index (χ1) is 7.58. The van der Waals surface area contributed by atoms with Crippen LogP contribution in [-0.4, -0.2) is 24.7 Å². The van der Waals surface area contributed by atoms with Gasteiger partial charge in [0, 0.05) is 7.05 Å². The van der Waals surface area contributed by atoms with Gasteiger partial charge in [0.15, 0.2) is 5.16 Å². The topological polar surface area (TPSA) is 82.5 Å². The van der Waals surface area contributed by atoms with Gasteiger partial charge in [-0.05, 0) is 30.3 Å². The largest absolute Gasteiger partial charge is 0.395 e. The highest BCUT2D eigenvalue weighted by Crippen LogP contribution is 2.30. The zero-order valence-corrected chi connectivity index (χ0v) is 10.2. The maximum Gasteiger partial charge on any atom is 0.223 e. The molecular weight excluding hydrogens is 248 g/mol. The second kappa shape index (κ2) is 4.26. The van der Waals surface area contributed by atoms with Crippen LogP contribution in [0.3, 0.4) is 0 Å². The molecule has 2 aromatic heterocycles. The number of anilines is 1. The van der Waals surface area contributed by atoms with E-state index in [4.69, 9.17) is 17.3 Å². The Labute approximate surface area is 101 Å². The third-order valence-electron chi connectivity index (χ3n) is 1.93. The van der Waals surface area contributed by atoms with Gasteiger partial charge in [0.1, 0.15) is 11.4 Å². The number of rotatable bonds is 2. The molecule has 0 saturated heterocycles. The third kappa shape index (κ3) is 2.10. The molecule has 0 bridgehead atoms. The Kier molecular flexibility index (Phi) is 2.97. The van der Waals surface area contributed by atoms with E-state index in [0.29, 0.717) is 21.6 Å². The Balaban J connectivity index is 2.38. The number of halogens is 1. The van der Waals surface area contributed by atoms with Crippen LogP contribution in [0.4, 0.5) is 5.69 Å². The normalized spacial score (nSPS) is 10.7. The Morgan fingerprint density at radius 2 is 2.19 bits per heavy atom. The predicted octanol–water partition coefficient (Wildman–Crippen LogP) is 1.30. The number of aromatic nitrogens is 5. The molecule has 0 saturated carbocycles. The van der Waals surface area contributed by atoms with Crippen LogP contribution < -0.4 is 5.73 Å². The number of nitrogens with two attached hydrogens (primary N) is 1. The average molecular weight is 257 g/mol. The first kappa shape index (κ1) is 11.2. The van der Waals surface area contributed by atoms with Crippen LogP contribution in [0, 0.1) is 6.92 Å². The number of nitrogens with zero attached hydrogens (tertiary/aromatic N) is 5. The van der Waals surface area contributed by atoms with Crippen molar-refractivity contribution in [3.63, 3.8) is 0 Å². The summed E-state index contributed by atoms with van der Waals surface area (Å²) in [4.78, 5) is 8.02. The van der Waals surface area contributed by atoms with Crippen molar-refractivity contribution in [1.29, 1.82) is 0 Å². The molecule has 0 aromatic carbocycles. The molecule has 16 heavy (non-hydrogen) atoms. The maximum absolute atomic E-state index is 5.86. The minimum atomic E-state index is 0.177. The van der Waals surface area contributed by atoms with Crippen LogP contribution in [0.25, 0.3) is 0 Å². The van der Waals surface area contributed by atoms with Gasteiger partial charge in [-0.1, -0.05) is 0 Å². The van der Waals surface area contributed by atoms with E-state index in [1.165, 1.54) is 11.8 Å². The van der Waals surface area contributed by atoms with E-state index in [1.807, 2.05) is 7.05 Å². The lowest BCUT2D eigenvalue weighted by Gasteiger charge is -2.05. The molecule has 2 aromatic rings. The summed E-state index contributed by atoms with van der Waals surface area (Å²) in [5.74, 6) is 0. The summed E-state index contributed by atoms with van der Waals surface area (Å²) in [5, 5.41) is 9.16. The Hall–Kier alpha value is -1.34. The first-order valence-electron chi connectivity index (χ1n) is 4.39. The third-order valence-corrected chi connectivity index (χ3v) is 3.16. The van der Waals surface area contributed by atoms with Gasteiger partial charge in [0.25, 0.3) is 0 Å². The zero-order valence-electron chi connectivity index (χ0n) is 8.68. The lowest BCUT2D eigenvalue weighted by atomic mass is 10.4. The monoisotopic (exact) mass is 256 g/mol. The fourth-order valence-corrected chi connectivity index (χ4v) is 2.15. The van der Waals surface area contributed by atoms with Crippen molar-refractivity contribution in [3.8, 4) is 0 Å². The van der Waals surface area contributed by atoms with Gasteiger partial charge in [-0.2, -0.15) is 0 Å². The minimum Gasteiger partial charge on any atom is -0.395 e. The van der Waals surface area contributed by atoms with Crippen molar-refractivity contribution in [1.82, 2.24) is 24.7 Å². The van der Waals surface area contributed by atoms with E-state index in [2.05, 4.69) is 20.2 Å². The highest BCUT2D eigenvalue weighted by Gasteiger charge is 2.12. The molecule has 0 radical (unpaired) electrons. The van der Waals surface area contributed by atoms with Crippen LogP contribution in [0.1, 0.15) is 5.69 Å². The van der Waals surface area contributed by atoms with Crippen LogP contribution >= 0.6 is 23.4 Å². The van der Waals surface area contributed by atoms with E-state index >= 15 is 0 Å². The second-order valence-corrected chi connectivity index (χ2v) is 4.42.